The molecule has 0 N–H and O–H groups in total. The van der Waals surface area contributed by atoms with E-state index in [4.69, 9.17) is 4.52 Å². The fraction of sp³-hybridized carbons (Fsp3) is 0.100. The van der Waals surface area contributed by atoms with Gasteiger partial charge in [-0.05, 0) is 19.1 Å². The van der Waals surface area contributed by atoms with Crippen LogP contribution in [-0.2, 0) is 0 Å². The van der Waals surface area contributed by atoms with Gasteiger partial charge in [0.2, 0.25) is 0 Å². The molecular formula is C10H8N4O. The third-order valence-corrected chi connectivity index (χ3v) is 2.18. The number of fused-ring (bicyclic) bond motifs is 1. The molecule has 0 atom stereocenters. The maximum absolute atomic E-state index is 5.01. The van der Waals surface area contributed by atoms with Crippen LogP contribution in [0.15, 0.2) is 34.9 Å². The number of para-hydroxylation sites is 1. The molecule has 5 heteroatoms. The molecule has 3 aromatic rings. The molecule has 0 aliphatic carbocycles. The minimum absolute atomic E-state index is 0.469. The van der Waals surface area contributed by atoms with Crippen LogP contribution in [0.5, 0.6) is 0 Å². The second kappa shape index (κ2) is 2.91. The lowest BCUT2D eigenvalue weighted by atomic mass is 10.3. The summed E-state index contributed by atoms with van der Waals surface area (Å²) in [6, 6.07) is 9.68. The van der Waals surface area contributed by atoms with Crippen molar-refractivity contribution in [1.29, 1.82) is 0 Å². The molecular weight excluding hydrogens is 192 g/mol. The van der Waals surface area contributed by atoms with E-state index in [-0.39, 0.29) is 0 Å². The van der Waals surface area contributed by atoms with Crippen molar-refractivity contribution >= 4 is 11.2 Å². The molecule has 0 bridgehead atoms. The fourth-order valence-electron chi connectivity index (χ4n) is 1.41. The summed E-state index contributed by atoms with van der Waals surface area (Å²) in [7, 11) is 0. The summed E-state index contributed by atoms with van der Waals surface area (Å²) in [6.07, 6.45) is 0. The van der Waals surface area contributed by atoms with Gasteiger partial charge < -0.3 is 4.52 Å². The van der Waals surface area contributed by atoms with Crippen LogP contribution < -0.4 is 0 Å². The normalized spacial score (nSPS) is 11.0. The number of aryl methyl sites for hydroxylation is 1. The van der Waals surface area contributed by atoms with Gasteiger partial charge in [0.1, 0.15) is 5.69 Å². The topological polar surface area (TPSA) is 56.7 Å². The van der Waals surface area contributed by atoms with Gasteiger partial charge in [-0.25, -0.2) is 0 Å². The molecule has 0 aliphatic rings. The van der Waals surface area contributed by atoms with E-state index < -0.39 is 0 Å². The van der Waals surface area contributed by atoms with E-state index in [2.05, 4.69) is 15.4 Å². The number of benzene rings is 1. The second-order valence-corrected chi connectivity index (χ2v) is 3.25. The predicted octanol–water partition coefficient (Wildman–Crippen LogP) is 1.72. The molecule has 0 fully saturated rings. The molecule has 74 valence electrons. The number of hydrogen-bond acceptors (Lipinski definition) is 4. The molecule has 0 unspecified atom stereocenters. The number of aromatic nitrogens is 4. The first-order valence-corrected chi connectivity index (χ1v) is 4.59. The average molecular weight is 200 g/mol. The molecule has 5 nitrogen and oxygen atoms in total. The Morgan fingerprint density at radius 1 is 1.13 bits per heavy atom. The van der Waals surface area contributed by atoms with E-state index in [1.165, 1.54) is 0 Å². The first-order valence-electron chi connectivity index (χ1n) is 4.59. The predicted molar refractivity (Wildman–Crippen MR) is 53.7 cm³/mol. The quantitative estimate of drug-likeness (QED) is 0.600. The smallest absolute Gasteiger partial charge is 0.296 e. The lowest BCUT2D eigenvalue weighted by molar-refractivity contribution is 0.437. The largest absolute Gasteiger partial charge is 0.332 e. The summed E-state index contributed by atoms with van der Waals surface area (Å²) in [6.45, 7) is 1.84. The molecule has 0 saturated carbocycles. The first kappa shape index (κ1) is 8.16. The SMILES string of the molecule is Cc1noc2nn(-c3ccccc3)nc12. The van der Waals surface area contributed by atoms with Crippen molar-refractivity contribution in [1.82, 2.24) is 20.2 Å². The van der Waals surface area contributed by atoms with Crippen LogP contribution in [-0.4, -0.2) is 20.2 Å². The Hall–Kier alpha value is -2.17. The Balaban J connectivity index is 2.20. The minimum atomic E-state index is 0.469. The van der Waals surface area contributed by atoms with Gasteiger partial charge >= 0.3 is 0 Å². The lowest BCUT2D eigenvalue weighted by Gasteiger charge is -1.96. The van der Waals surface area contributed by atoms with Crippen LogP contribution in [0.1, 0.15) is 5.69 Å². The highest BCUT2D eigenvalue weighted by Crippen LogP contribution is 2.14. The van der Waals surface area contributed by atoms with Crippen LogP contribution in [0.3, 0.4) is 0 Å². The molecule has 2 heterocycles. The lowest BCUT2D eigenvalue weighted by Crippen LogP contribution is -1.98. The van der Waals surface area contributed by atoms with Crippen molar-refractivity contribution in [2.24, 2.45) is 0 Å². The van der Waals surface area contributed by atoms with Crippen molar-refractivity contribution < 1.29 is 4.52 Å². The summed E-state index contributed by atoms with van der Waals surface area (Å²) >= 11 is 0. The minimum Gasteiger partial charge on any atom is -0.332 e. The average Bonchev–Trinajstić information content (AvgIpc) is 2.83. The molecule has 0 radical (unpaired) electrons. The molecule has 0 aliphatic heterocycles. The van der Waals surface area contributed by atoms with Crippen molar-refractivity contribution in [2.75, 3.05) is 0 Å². The maximum Gasteiger partial charge on any atom is 0.296 e. The summed E-state index contributed by atoms with van der Waals surface area (Å²) in [4.78, 5) is 1.54. The van der Waals surface area contributed by atoms with Gasteiger partial charge in [0.05, 0.1) is 5.69 Å². The van der Waals surface area contributed by atoms with Crippen LogP contribution in [0, 0.1) is 6.92 Å². The van der Waals surface area contributed by atoms with Gasteiger partial charge in [0, 0.05) is 0 Å². The fourth-order valence-corrected chi connectivity index (χ4v) is 1.41. The Morgan fingerprint density at radius 2 is 1.93 bits per heavy atom. The van der Waals surface area contributed by atoms with Gasteiger partial charge in [-0.3, -0.25) is 0 Å². The summed E-state index contributed by atoms with van der Waals surface area (Å²) < 4.78 is 5.01. The molecule has 2 aromatic heterocycles. The van der Waals surface area contributed by atoms with E-state index in [1.807, 2.05) is 37.3 Å². The number of hydrogen-bond donors (Lipinski definition) is 0. The van der Waals surface area contributed by atoms with Crippen LogP contribution >= 0.6 is 0 Å². The molecule has 0 spiro atoms. The van der Waals surface area contributed by atoms with E-state index in [1.54, 1.807) is 4.80 Å². The van der Waals surface area contributed by atoms with Gasteiger partial charge in [0.15, 0.2) is 5.52 Å². The van der Waals surface area contributed by atoms with Crippen molar-refractivity contribution in [3.63, 3.8) is 0 Å². The summed E-state index contributed by atoms with van der Waals surface area (Å²) in [5.41, 5.74) is 2.84. The van der Waals surface area contributed by atoms with Gasteiger partial charge in [-0.2, -0.15) is 0 Å². The first-order chi connectivity index (χ1) is 7.34. The highest BCUT2D eigenvalue weighted by Gasteiger charge is 2.11. The van der Waals surface area contributed by atoms with E-state index in [9.17, 15) is 0 Å². The van der Waals surface area contributed by atoms with Crippen LogP contribution in [0.25, 0.3) is 16.9 Å². The zero-order chi connectivity index (χ0) is 10.3. The van der Waals surface area contributed by atoms with E-state index in [0.717, 1.165) is 11.4 Å². The highest BCUT2D eigenvalue weighted by molar-refractivity contribution is 5.69. The Bertz CT molecular complexity index is 596. The third-order valence-electron chi connectivity index (χ3n) is 2.18. The maximum atomic E-state index is 5.01. The van der Waals surface area contributed by atoms with E-state index in [0.29, 0.717) is 11.2 Å². The van der Waals surface area contributed by atoms with Gasteiger partial charge in [0.25, 0.3) is 5.71 Å². The Labute approximate surface area is 85.3 Å². The molecule has 3 rings (SSSR count). The molecule has 0 saturated heterocycles. The zero-order valence-corrected chi connectivity index (χ0v) is 8.08. The standard InChI is InChI=1S/C10H8N4O/c1-7-9-10(15-13-7)12-14(11-9)8-5-3-2-4-6-8/h2-6H,1H3. The Kier molecular flexibility index (Phi) is 1.58. The summed E-state index contributed by atoms with van der Waals surface area (Å²) in [5.74, 6) is 0. The second-order valence-electron chi connectivity index (χ2n) is 3.25. The molecule has 0 amide bonds. The summed E-state index contributed by atoms with van der Waals surface area (Å²) in [5, 5.41) is 12.2. The zero-order valence-electron chi connectivity index (χ0n) is 8.08. The van der Waals surface area contributed by atoms with Crippen LogP contribution in [0.2, 0.25) is 0 Å². The van der Waals surface area contributed by atoms with Crippen molar-refractivity contribution in [3.8, 4) is 5.69 Å². The van der Waals surface area contributed by atoms with Gasteiger partial charge in [-0.15, -0.1) is 15.0 Å². The number of nitrogens with zero attached hydrogens (tertiary/aromatic N) is 4. The Morgan fingerprint density at radius 3 is 2.67 bits per heavy atom. The monoisotopic (exact) mass is 200 g/mol. The van der Waals surface area contributed by atoms with Gasteiger partial charge in [-0.1, -0.05) is 23.4 Å². The van der Waals surface area contributed by atoms with Crippen molar-refractivity contribution in [3.05, 3.63) is 36.0 Å². The highest BCUT2D eigenvalue weighted by atomic mass is 16.5. The molecule has 15 heavy (non-hydrogen) atoms. The van der Waals surface area contributed by atoms with Crippen LogP contribution in [0.4, 0.5) is 0 Å². The van der Waals surface area contributed by atoms with E-state index >= 15 is 0 Å². The molecule has 1 aromatic carbocycles. The number of rotatable bonds is 1. The van der Waals surface area contributed by atoms with Crippen molar-refractivity contribution in [2.45, 2.75) is 6.92 Å². The third kappa shape index (κ3) is 1.20.